The van der Waals surface area contributed by atoms with Crippen LogP contribution in [-0.4, -0.2) is 41.2 Å². The Morgan fingerprint density at radius 2 is 2.29 bits per heavy atom. The maximum absolute atomic E-state index is 12.3. The summed E-state index contributed by atoms with van der Waals surface area (Å²) in [5, 5.41) is 0.173. The fraction of sp³-hybridized carbons (Fsp3) is 0.700. The third kappa shape index (κ3) is 2.64. The Bertz CT molecular complexity index is 481. The van der Waals surface area contributed by atoms with Gasteiger partial charge in [0.1, 0.15) is 5.82 Å². The third-order valence-corrected chi connectivity index (χ3v) is 4.82. The molecule has 96 valence electrons. The fourth-order valence-corrected chi connectivity index (χ4v) is 3.63. The molecule has 1 saturated carbocycles. The van der Waals surface area contributed by atoms with Crippen molar-refractivity contribution in [1.29, 1.82) is 0 Å². The summed E-state index contributed by atoms with van der Waals surface area (Å²) in [6.07, 6.45) is 3.92. The molecule has 1 fully saturated rings. The number of aromatic amines is 1. The highest BCUT2D eigenvalue weighted by atomic mass is 35.5. The normalized spacial score (nSPS) is 16.6. The topological polar surface area (TPSA) is 66.1 Å². The van der Waals surface area contributed by atoms with Crippen LogP contribution >= 0.6 is 11.6 Å². The molecule has 0 unspecified atom stereocenters. The molecule has 0 aromatic carbocycles. The minimum atomic E-state index is -3.46. The van der Waals surface area contributed by atoms with Crippen LogP contribution in [0.1, 0.15) is 25.6 Å². The predicted molar refractivity (Wildman–Crippen MR) is 65.6 cm³/mol. The molecule has 1 aromatic heterocycles. The van der Waals surface area contributed by atoms with E-state index in [0.717, 1.165) is 12.8 Å². The maximum atomic E-state index is 12.3. The van der Waals surface area contributed by atoms with Gasteiger partial charge in [0.25, 0.3) is 10.0 Å². The molecule has 0 spiro atoms. The number of H-pyrrole nitrogens is 1. The lowest BCUT2D eigenvalue weighted by molar-refractivity contribution is 0.420. The lowest BCUT2D eigenvalue weighted by atomic mass is 10.5. The molecule has 1 aliphatic carbocycles. The second-order valence-corrected chi connectivity index (χ2v) is 6.32. The van der Waals surface area contributed by atoms with Crippen LogP contribution in [0.2, 0.25) is 0 Å². The summed E-state index contributed by atoms with van der Waals surface area (Å²) in [6.45, 7) is 2.28. The van der Waals surface area contributed by atoms with Gasteiger partial charge < -0.3 is 4.98 Å². The highest BCUT2D eigenvalue weighted by molar-refractivity contribution is 7.89. The molecule has 0 aliphatic heterocycles. The number of sulfonamides is 1. The number of nitrogens with zero attached hydrogens (tertiary/aromatic N) is 2. The molecule has 7 heteroatoms. The molecule has 1 aromatic rings. The van der Waals surface area contributed by atoms with Gasteiger partial charge in [-0.3, -0.25) is 0 Å². The van der Waals surface area contributed by atoms with Gasteiger partial charge in [0.05, 0.1) is 6.20 Å². The largest absolute Gasteiger partial charge is 0.332 e. The Kier molecular flexibility index (Phi) is 3.75. The number of hydrogen-bond donors (Lipinski definition) is 1. The zero-order valence-corrected chi connectivity index (χ0v) is 11.3. The Morgan fingerprint density at radius 3 is 2.76 bits per heavy atom. The van der Waals surface area contributed by atoms with Gasteiger partial charge in [0.15, 0.2) is 5.03 Å². The van der Waals surface area contributed by atoms with Gasteiger partial charge >= 0.3 is 0 Å². The molecular weight excluding hydrogens is 262 g/mol. The van der Waals surface area contributed by atoms with Crippen LogP contribution in [0.5, 0.6) is 0 Å². The molecule has 2 rings (SSSR count). The van der Waals surface area contributed by atoms with Crippen LogP contribution < -0.4 is 0 Å². The van der Waals surface area contributed by atoms with E-state index in [4.69, 9.17) is 11.6 Å². The van der Waals surface area contributed by atoms with E-state index < -0.39 is 10.0 Å². The molecule has 0 radical (unpaired) electrons. The van der Waals surface area contributed by atoms with Crippen molar-refractivity contribution in [2.45, 2.75) is 37.3 Å². The van der Waals surface area contributed by atoms with Gasteiger partial charge in [0.2, 0.25) is 0 Å². The predicted octanol–water partition coefficient (Wildman–Crippen LogP) is 1.36. The number of hydrogen-bond acceptors (Lipinski definition) is 3. The van der Waals surface area contributed by atoms with E-state index in [1.807, 2.05) is 6.92 Å². The van der Waals surface area contributed by atoms with E-state index in [1.165, 1.54) is 10.5 Å². The van der Waals surface area contributed by atoms with Crippen LogP contribution in [-0.2, 0) is 16.4 Å². The quantitative estimate of drug-likeness (QED) is 0.799. The highest BCUT2D eigenvalue weighted by Gasteiger charge is 2.38. The van der Waals surface area contributed by atoms with Crippen molar-refractivity contribution in [3.05, 3.63) is 12.0 Å². The summed E-state index contributed by atoms with van der Waals surface area (Å²) in [5.74, 6) is 0.995. The molecule has 0 saturated heterocycles. The average Bonchev–Trinajstić information content (AvgIpc) is 3.01. The van der Waals surface area contributed by atoms with E-state index in [1.54, 1.807) is 0 Å². The molecule has 0 atom stereocenters. The highest BCUT2D eigenvalue weighted by Crippen LogP contribution is 2.31. The van der Waals surface area contributed by atoms with E-state index in [2.05, 4.69) is 9.97 Å². The summed E-state index contributed by atoms with van der Waals surface area (Å²) in [6, 6.07) is 0.118. The van der Waals surface area contributed by atoms with Crippen molar-refractivity contribution in [1.82, 2.24) is 14.3 Å². The van der Waals surface area contributed by atoms with E-state index >= 15 is 0 Å². The third-order valence-electron chi connectivity index (χ3n) is 2.79. The summed E-state index contributed by atoms with van der Waals surface area (Å²) in [7, 11) is -3.46. The molecule has 17 heavy (non-hydrogen) atoms. The van der Waals surface area contributed by atoms with Crippen molar-refractivity contribution >= 4 is 21.6 Å². The summed E-state index contributed by atoms with van der Waals surface area (Å²) in [5.41, 5.74) is 0. The van der Waals surface area contributed by atoms with E-state index in [0.29, 0.717) is 24.7 Å². The van der Waals surface area contributed by atoms with Crippen molar-refractivity contribution < 1.29 is 8.42 Å². The van der Waals surface area contributed by atoms with Gasteiger partial charge in [-0.25, -0.2) is 13.4 Å². The van der Waals surface area contributed by atoms with E-state index in [9.17, 15) is 8.42 Å². The lowest BCUT2D eigenvalue weighted by Crippen LogP contribution is -2.35. The number of alkyl halides is 1. The minimum absolute atomic E-state index is 0.118. The van der Waals surface area contributed by atoms with Crippen molar-refractivity contribution in [2.75, 3.05) is 12.4 Å². The SMILES string of the molecule is CCc1ncc(S(=O)(=O)N(CCCl)C2CC2)[nH]1. The number of aryl methyl sites for hydroxylation is 1. The van der Waals surface area contributed by atoms with Gasteiger partial charge in [-0.1, -0.05) is 6.92 Å². The molecular formula is C10H16ClN3O2S. The molecule has 1 aliphatic rings. The summed E-state index contributed by atoms with van der Waals surface area (Å²) < 4.78 is 26.1. The molecule has 1 N–H and O–H groups in total. The number of halogens is 1. The van der Waals surface area contributed by atoms with Crippen LogP contribution in [0.4, 0.5) is 0 Å². The second-order valence-electron chi connectivity index (χ2n) is 4.08. The van der Waals surface area contributed by atoms with Crippen LogP contribution in [0.3, 0.4) is 0 Å². The second kappa shape index (κ2) is 4.96. The molecule has 0 bridgehead atoms. The number of imidazole rings is 1. The Balaban J connectivity index is 2.26. The summed E-state index contributed by atoms with van der Waals surface area (Å²) in [4.78, 5) is 6.87. The molecule has 1 heterocycles. The first-order valence-corrected chi connectivity index (χ1v) is 7.68. The van der Waals surface area contributed by atoms with Gasteiger partial charge in [0, 0.05) is 24.9 Å². The first-order chi connectivity index (χ1) is 8.09. The van der Waals surface area contributed by atoms with Gasteiger partial charge in [-0.05, 0) is 12.8 Å². The molecule has 5 nitrogen and oxygen atoms in total. The monoisotopic (exact) mass is 277 g/mol. The Morgan fingerprint density at radius 1 is 1.59 bits per heavy atom. The molecule has 0 amide bonds. The Labute approximate surface area is 106 Å². The van der Waals surface area contributed by atoms with Crippen molar-refractivity contribution in [3.8, 4) is 0 Å². The zero-order valence-electron chi connectivity index (χ0n) is 9.69. The first kappa shape index (κ1) is 12.9. The Hall–Kier alpha value is -0.590. The van der Waals surface area contributed by atoms with E-state index in [-0.39, 0.29) is 11.1 Å². The lowest BCUT2D eigenvalue weighted by Gasteiger charge is -2.19. The number of nitrogens with one attached hydrogen (secondary N) is 1. The standard InChI is InChI=1S/C10H16ClN3O2S/c1-2-9-12-7-10(13-9)17(15,16)14(6-5-11)8-3-4-8/h7-8H,2-6H2,1H3,(H,12,13). The van der Waals surface area contributed by atoms with Crippen molar-refractivity contribution in [3.63, 3.8) is 0 Å². The fourth-order valence-electron chi connectivity index (χ4n) is 1.73. The maximum Gasteiger partial charge on any atom is 0.260 e. The average molecular weight is 278 g/mol. The number of aromatic nitrogens is 2. The first-order valence-electron chi connectivity index (χ1n) is 5.71. The van der Waals surface area contributed by atoms with Crippen LogP contribution in [0, 0.1) is 0 Å². The number of rotatable bonds is 6. The smallest absolute Gasteiger partial charge is 0.260 e. The van der Waals surface area contributed by atoms with Gasteiger partial charge in [-0.2, -0.15) is 4.31 Å². The zero-order chi connectivity index (χ0) is 12.5. The van der Waals surface area contributed by atoms with Gasteiger partial charge in [-0.15, -0.1) is 11.6 Å². The summed E-state index contributed by atoms with van der Waals surface area (Å²) >= 11 is 5.66. The van der Waals surface area contributed by atoms with Crippen molar-refractivity contribution in [2.24, 2.45) is 0 Å². The van der Waals surface area contributed by atoms with Crippen LogP contribution in [0.15, 0.2) is 11.2 Å². The minimum Gasteiger partial charge on any atom is -0.332 e. The van der Waals surface area contributed by atoms with Crippen LogP contribution in [0.25, 0.3) is 0 Å².